The van der Waals surface area contributed by atoms with Gasteiger partial charge in [0.05, 0.1) is 5.52 Å². The molecule has 0 bridgehead atoms. The van der Waals surface area contributed by atoms with Gasteiger partial charge in [-0.3, -0.25) is 19.8 Å². The Morgan fingerprint density at radius 2 is 1.93 bits per heavy atom. The molecule has 3 rings (SSSR count). The van der Waals surface area contributed by atoms with Crippen LogP contribution in [-0.2, 0) is 6.54 Å². The summed E-state index contributed by atoms with van der Waals surface area (Å²) >= 11 is 0. The number of carbonyl (C=O) groups excluding carboxylic acids is 1. The second kappa shape index (κ2) is 8.31. The Morgan fingerprint density at radius 1 is 1.15 bits per heavy atom. The van der Waals surface area contributed by atoms with E-state index < -0.39 is 0 Å². The van der Waals surface area contributed by atoms with Crippen molar-refractivity contribution in [2.75, 3.05) is 13.1 Å². The Kier molecular flexibility index (Phi) is 5.86. The standard InChI is InChI=1S/C21H27N5O/c1-5-26(6-2)13-15-9-17(12-22-11-15)16-7-8-19-18(10-16)20(25-24-19)21(27)23-14(3)4/h7-12,14H,5-6,13H2,1-4H3,(H,23,27)(H,24,25). The molecule has 1 amide bonds. The van der Waals surface area contributed by atoms with Crippen LogP contribution < -0.4 is 5.32 Å². The van der Waals surface area contributed by atoms with Crippen molar-refractivity contribution in [2.45, 2.75) is 40.3 Å². The third-order valence-corrected chi connectivity index (χ3v) is 4.63. The highest BCUT2D eigenvalue weighted by atomic mass is 16.2. The second-order valence-electron chi connectivity index (χ2n) is 7.00. The Balaban J connectivity index is 1.94. The summed E-state index contributed by atoms with van der Waals surface area (Å²) in [5.74, 6) is -0.165. The van der Waals surface area contributed by atoms with Crippen molar-refractivity contribution in [3.63, 3.8) is 0 Å². The molecule has 2 aromatic heterocycles. The summed E-state index contributed by atoms with van der Waals surface area (Å²) in [4.78, 5) is 19.2. The summed E-state index contributed by atoms with van der Waals surface area (Å²) in [5.41, 5.74) is 4.52. The molecule has 2 heterocycles. The zero-order valence-electron chi connectivity index (χ0n) is 16.4. The fourth-order valence-corrected chi connectivity index (χ4v) is 3.13. The number of nitrogens with zero attached hydrogens (tertiary/aromatic N) is 3. The van der Waals surface area contributed by atoms with E-state index in [4.69, 9.17) is 0 Å². The topological polar surface area (TPSA) is 73.9 Å². The molecule has 0 fully saturated rings. The van der Waals surface area contributed by atoms with Crippen LogP contribution in [-0.4, -0.2) is 45.1 Å². The van der Waals surface area contributed by atoms with Crippen molar-refractivity contribution in [3.05, 3.63) is 47.9 Å². The number of carbonyl (C=O) groups is 1. The zero-order valence-corrected chi connectivity index (χ0v) is 16.4. The first-order valence-electron chi connectivity index (χ1n) is 9.47. The van der Waals surface area contributed by atoms with Gasteiger partial charge >= 0.3 is 0 Å². The predicted octanol–water partition coefficient (Wildman–Crippen LogP) is 3.60. The van der Waals surface area contributed by atoms with Gasteiger partial charge in [0.1, 0.15) is 0 Å². The average Bonchev–Trinajstić information content (AvgIpc) is 3.09. The Hall–Kier alpha value is -2.73. The summed E-state index contributed by atoms with van der Waals surface area (Å²) in [5, 5.41) is 10.9. The average molecular weight is 365 g/mol. The van der Waals surface area contributed by atoms with E-state index in [1.54, 1.807) is 0 Å². The van der Waals surface area contributed by atoms with Gasteiger partial charge in [0.15, 0.2) is 5.69 Å². The van der Waals surface area contributed by atoms with Crippen LogP contribution in [0.15, 0.2) is 36.7 Å². The minimum absolute atomic E-state index is 0.0633. The highest BCUT2D eigenvalue weighted by Gasteiger charge is 2.15. The molecule has 2 N–H and O–H groups in total. The van der Waals surface area contributed by atoms with Crippen molar-refractivity contribution in [2.24, 2.45) is 0 Å². The molecule has 6 heteroatoms. The quantitative estimate of drug-likeness (QED) is 0.671. The number of benzene rings is 1. The van der Waals surface area contributed by atoms with Crippen LogP contribution in [0.25, 0.3) is 22.0 Å². The number of hydrogen-bond donors (Lipinski definition) is 2. The lowest BCUT2D eigenvalue weighted by Gasteiger charge is -2.18. The number of amides is 1. The number of rotatable bonds is 7. The molecule has 0 spiro atoms. The summed E-state index contributed by atoms with van der Waals surface area (Å²) in [6.45, 7) is 11.1. The summed E-state index contributed by atoms with van der Waals surface area (Å²) in [7, 11) is 0. The van der Waals surface area contributed by atoms with Crippen LogP contribution in [0.4, 0.5) is 0 Å². The first kappa shape index (κ1) is 19.0. The first-order valence-corrected chi connectivity index (χ1v) is 9.47. The van der Waals surface area contributed by atoms with Gasteiger partial charge in [0.2, 0.25) is 0 Å². The van der Waals surface area contributed by atoms with Gasteiger partial charge in [-0.05, 0) is 56.3 Å². The third-order valence-electron chi connectivity index (χ3n) is 4.63. The molecular formula is C21H27N5O. The Morgan fingerprint density at radius 3 is 2.63 bits per heavy atom. The SMILES string of the molecule is CCN(CC)Cc1cncc(-c2ccc3[nH]nc(C(=O)NC(C)C)c3c2)c1. The second-order valence-corrected chi connectivity index (χ2v) is 7.00. The maximum Gasteiger partial charge on any atom is 0.272 e. The molecule has 0 unspecified atom stereocenters. The van der Waals surface area contributed by atoms with Gasteiger partial charge in [-0.15, -0.1) is 0 Å². The largest absolute Gasteiger partial charge is 0.348 e. The number of H-pyrrole nitrogens is 1. The van der Waals surface area contributed by atoms with Crippen LogP contribution in [0.1, 0.15) is 43.7 Å². The van der Waals surface area contributed by atoms with Gasteiger partial charge in [-0.25, -0.2) is 0 Å². The molecule has 0 radical (unpaired) electrons. The van der Waals surface area contributed by atoms with Crippen molar-refractivity contribution < 1.29 is 4.79 Å². The van der Waals surface area contributed by atoms with Crippen molar-refractivity contribution in [1.82, 2.24) is 25.4 Å². The van der Waals surface area contributed by atoms with Crippen LogP contribution in [0.5, 0.6) is 0 Å². The van der Waals surface area contributed by atoms with E-state index >= 15 is 0 Å². The van der Waals surface area contributed by atoms with E-state index in [9.17, 15) is 4.79 Å². The maximum atomic E-state index is 12.4. The van der Waals surface area contributed by atoms with Crippen LogP contribution >= 0.6 is 0 Å². The highest BCUT2D eigenvalue weighted by molar-refractivity contribution is 6.05. The molecule has 3 aromatic rings. The molecule has 0 saturated heterocycles. The van der Waals surface area contributed by atoms with Crippen molar-refractivity contribution >= 4 is 16.8 Å². The highest BCUT2D eigenvalue weighted by Crippen LogP contribution is 2.26. The number of nitrogens with one attached hydrogen (secondary N) is 2. The van der Waals surface area contributed by atoms with Crippen LogP contribution in [0.2, 0.25) is 0 Å². The molecule has 1 aromatic carbocycles. The lowest BCUT2D eigenvalue weighted by molar-refractivity contribution is 0.0939. The Bertz CT molecular complexity index is 927. The molecule has 142 valence electrons. The molecular weight excluding hydrogens is 338 g/mol. The van der Waals surface area contributed by atoms with Crippen molar-refractivity contribution in [1.29, 1.82) is 0 Å². The van der Waals surface area contributed by atoms with Gasteiger partial charge in [0, 0.05) is 35.9 Å². The summed E-state index contributed by atoms with van der Waals surface area (Å²) in [6, 6.07) is 8.23. The minimum Gasteiger partial charge on any atom is -0.348 e. The molecule has 0 aliphatic heterocycles. The minimum atomic E-state index is -0.165. The van der Waals surface area contributed by atoms with E-state index in [1.165, 1.54) is 5.56 Å². The summed E-state index contributed by atoms with van der Waals surface area (Å²) < 4.78 is 0. The maximum absolute atomic E-state index is 12.4. The number of pyridine rings is 1. The molecule has 0 atom stereocenters. The molecule has 0 aliphatic rings. The lowest BCUT2D eigenvalue weighted by atomic mass is 10.0. The lowest BCUT2D eigenvalue weighted by Crippen LogP contribution is -2.30. The number of fused-ring (bicyclic) bond motifs is 1. The van der Waals surface area contributed by atoms with Crippen LogP contribution in [0.3, 0.4) is 0 Å². The molecule has 27 heavy (non-hydrogen) atoms. The van der Waals surface area contributed by atoms with Crippen LogP contribution in [0, 0.1) is 0 Å². The third kappa shape index (κ3) is 4.34. The van der Waals surface area contributed by atoms with E-state index in [-0.39, 0.29) is 11.9 Å². The molecule has 0 saturated carbocycles. The van der Waals surface area contributed by atoms with Gasteiger partial charge in [0.25, 0.3) is 5.91 Å². The van der Waals surface area contributed by atoms with E-state index in [2.05, 4.69) is 45.3 Å². The van der Waals surface area contributed by atoms with Gasteiger partial charge < -0.3 is 5.32 Å². The van der Waals surface area contributed by atoms with E-state index in [1.807, 2.05) is 44.4 Å². The van der Waals surface area contributed by atoms with Gasteiger partial charge in [-0.1, -0.05) is 19.9 Å². The first-order chi connectivity index (χ1) is 13.0. The fourth-order valence-electron chi connectivity index (χ4n) is 3.13. The number of aromatic nitrogens is 3. The summed E-state index contributed by atoms with van der Waals surface area (Å²) in [6.07, 6.45) is 3.78. The Labute approximate surface area is 160 Å². The number of hydrogen-bond acceptors (Lipinski definition) is 4. The molecule has 6 nitrogen and oxygen atoms in total. The monoisotopic (exact) mass is 365 g/mol. The van der Waals surface area contributed by atoms with E-state index in [0.29, 0.717) is 5.69 Å². The normalized spacial score (nSPS) is 11.5. The van der Waals surface area contributed by atoms with E-state index in [0.717, 1.165) is 41.7 Å². The molecule has 0 aliphatic carbocycles. The predicted molar refractivity (Wildman–Crippen MR) is 109 cm³/mol. The fraction of sp³-hybridized carbons (Fsp3) is 0.381. The zero-order chi connectivity index (χ0) is 19.4. The smallest absolute Gasteiger partial charge is 0.272 e. The van der Waals surface area contributed by atoms with Gasteiger partial charge in [-0.2, -0.15) is 5.10 Å². The van der Waals surface area contributed by atoms with Crippen molar-refractivity contribution in [3.8, 4) is 11.1 Å². The number of aromatic amines is 1.